The fraction of sp³-hybridized carbons (Fsp3) is 0.591. The molecule has 3 atom stereocenters. The molecular formula is C22H31N3O3S2. The molecular weight excluding hydrogens is 418 g/mol. The van der Waals surface area contributed by atoms with Gasteiger partial charge in [-0.3, -0.25) is 14.4 Å². The second-order valence-corrected chi connectivity index (χ2v) is 11.5. The molecule has 3 amide bonds. The maximum atomic E-state index is 13.4. The molecule has 2 heterocycles. The lowest BCUT2D eigenvalue weighted by Gasteiger charge is -2.31. The van der Waals surface area contributed by atoms with E-state index in [1.807, 2.05) is 58.2 Å². The normalized spacial score (nSPS) is 22.6. The van der Waals surface area contributed by atoms with Crippen LogP contribution in [0.25, 0.3) is 0 Å². The summed E-state index contributed by atoms with van der Waals surface area (Å²) in [5.41, 5.74) is 1.63. The first-order valence-corrected chi connectivity index (χ1v) is 12.6. The largest absolute Gasteiger partial charge is 0.354 e. The van der Waals surface area contributed by atoms with Crippen molar-refractivity contribution in [3.05, 3.63) is 35.4 Å². The molecule has 1 aromatic carbocycles. The van der Waals surface area contributed by atoms with E-state index in [0.29, 0.717) is 24.4 Å². The Balaban J connectivity index is 1.80. The predicted molar refractivity (Wildman–Crippen MR) is 124 cm³/mol. The highest BCUT2D eigenvalue weighted by Crippen LogP contribution is 2.56. The number of hydrogen-bond acceptors (Lipinski definition) is 5. The molecule has 30 heavy (non-hydrogen) atoms. The molecule has 0 saturated carbocycles. The number of rotatable bonds is 8. The highest BCUT2D eigenvalue weighted by Gasteiger charge is 2.57. The minimum absolute atomic E-state index is 0.112. The maximum Gasteiger partial charge on any atom is 0.256 e. The van der Waals surface area contributed by atoms with Crippen LogP contribution >= 0.6 is 23.5 Å². The Hall–Kier alpha value is -1.67. The molecule has 3 unspecified atom stereocenters. The summed E-state index contributed by atoms with van der Waals surface area (Å²) in [7, 11) is 0. The van der Waals surface area contributed by atoms with Crippen molar-refractivity contribution in [1.82, 2.24) is 15.5 Å². The zero-order chi connectivity index (χ0) is 22.1. The topological polar surface area (TPSA) is 78.5 Å². The van der Waals surface area contributed by atoms with Crippen molar-refractivity contribution in [2.75, 3.05) is 18.6 Å². The molecule has 0 aromatic heterocycles. The van der Waals surface area contributed by atoms with E-state index >= 15 is 0 Å². The van der Waals surface area contributed by atoms with E-state index in [9.17, 15) is 14.4 Å². The molecule has 1 aromatic rings. The summed E-state index contributed by atoms with van der Waals surface area (Å²) in [6.45, 7) is 8.62. The molecule has 0 aliphatic carbocycles. The number of carbonyl (C=O) groups is 3. The van der Waals surface area contributed by atoms with E-state index in [2.05, 4.69) is 10.6 Å². The maximum absolute atomic E-state index is 13.4. The summed E-state index contributed by atoms with van der Waals surface area (Å²) >= 11 is 3.27. The van der Waals surface area contributed by atoms with Gasteiger partial charge in [0.2, 0.25) is 11.8 Å². The lowest BCUT2D eigenvalue weighted by molar-refractivity contribution is -0.131. The average molecular weight is 450 g/mol. The van der Waals surface area contributed by atoms with Crippen LogP contribution in [0.4, 0.5) is 0 Å². The van der Waals surface area contributed by atoms with E-state index in [1.54, 1.807) is 28.4 Å². The van der Waals surface area contributed by atoms with Gasteiger partial charge in [-0.15, -0.1) is 11.8 Å². The summed E-state index contributed by atoms with van der Waals surface area (Å²) in [4.78, 5) is 40.9. The van der Waals surface area contributed by atoms with Gasteiger partial charge in [-0.2, -0.15) is 11.8 Å². The number of amides is 3. The number of nitrogens with zero attached hydrogens (tertiary/aromatic N) is 1. The van der Waals surface area contributed by atoms with Gasteiger partial charge in [-0.1, -0.05) is 32.0 Å². The lowest BCUT2D eigenvalue weighted by atomic mass is 10.00. The molecule has 1 fully saturated rings. The molecule has 2 aliphatic heterocycles. The predicted octanol–water partition coefficient (Wildman–Crippen LogP) is 3.05. The van der Waals surface area contributed by atoms with Crippen molar-refractivity contribution in [2.45, 2.75) is 56.3 Å². The van der Waals surface area contributed by atoms with Gasteiger partial charge in [-0.25, -0.2) is 0 Å². The molecule has 0 radical (unpaired) electrons. The monoisotopic (exact) mass is 449 g/mol. The summed E-state index contributed by atoms with van der Waals surface area (Å²) in [5, 5.41) is 5.72. The molecule has 8 heteroatoms. The average Bonchev–Trinajstić information content (AvgIpc) is 3.12. The molecule has 2 aliphatic rings. The zero-order valence-corrected chi connectivity index (χ0v) is 19.9. The number of benzene rings is 1. The highest BCUT2D eigenvalue weighted by atomic mass is 32.2. The van der Waals surface area contributed by atoms with Crippen molar-refractivity contribution in [3.63, 3.8) is 0 Å². The fourth-order valence-electron chi connectivity index (χ4n) is 3.99. The van der Waals surface area contributed by atoms with E-state index in [1.165, 1.54) is 0 Å². The Morgan fingerprint density at radius 2 is 1.97 bits per heavy atom. The minimum atomic E-state index is -0.637. The van der Waals surface area contributed by atoms with Crippen molar-refractivity contribution in [1.29, 1.82) is 0 Å². The van der Waals surface area contributed by atoms with Gasteiger partial charge in [0.1, 0.15) is 17.5 Å². The van der Waals surface area contributed by atoms with Crippen molar-refractivity contribution < 1.29 is 14.4 Å². The van der Waals surface area contributed by atoms with E-state index in [0.717, 1.165) is 11.3 Å². The van der Waals surface area contributed by atoms with Gasteiger partial charge >= 0.3 is 0 Å². The van der Waals surface area contributed by atoms with E-state index in [-0.39, 0.29) is 23.1 Å². The molecule has 0 bridgehead atoms. The smallest absolute Gasteiger partial charge is 0.256 e. The molecule has 164 valence electrons. The minimum Gasteiger partial charge on any atom is -0.354 e. The first-order valence-electron chi connectivity index (χ1n) is 10.3. The number of thioether (sulfide) groups is 2. The van der Waals surface area contributed by atoms with Gasteiger partial charge in [0.15, 0.2) is 0 Å². The zero-order valence-electron chi connectivity index (χ0n) is 18.2. The Morgan fingerprint density at radius 1 is 1.27 bits per heavy atom. The number of nitrogens with one attached hydrogen (secondary N) is 2. The third kappa shape index (κ3) is 4.49. The van der Waals surface area contributed by atoms with E-state index in [4.69, 9.17) is 0 Å². The lowest BCUT2D eigenvalue weighted by Crippen LogP contribution is -2.57. The number of carbonyl (C=O) groups excluding carboxylic acids is 3. The van der Waals surface area contributed by atoms with Gasteiger partial charge in [0.05, 0.1) is 0 Å². The molecule has 2 N–H and O–H groups in total. The van der Waals surface area contributed by atoms with Crippen LogP contribution in [-0.4, -0.2) is 58.0 Å². The summed E-state index contributed by atoms with van der Waals surface area (Å²) in [5.74, 6) is 0.555. The summed E-state index contributed by atoms with van der Waals surface area (Å²) < 4.78 is -0.462. The second-order valence-electron chi connectivity index (χ2n) is 8.76. The van der Waals surface area contributed by atoms with Gasteiger partial charge in [0.25, 0.3) is 5.91 Å². The van der Waals surface area contributed by atoms with Crippen LogP contribution in [0.2, 0.25) is 0 Å². The Kier molecular flexibility index (Phi) is 7.07. The molecule has 0 spiro atoms. The number of fused-ring (bicyclic) bond motifs is 3. The number of hydrogen-bond donors (Lipinski definition) is 2. The Morgan fingerprint density at radius 3 is 2.63 bits per heavy atom. The van der Waals surface area contributed by atoms with Gasteiger partial charge in [-0.05, 0) is 49.8 Å². The highest BCUT2D eigenvalue weighted by molar-refractivity contribution is 8.01. The van der Waals surface area contributed by atoms with Gasteiger partial charge < -0.3 is 15.5 Å². The van der Waals surface area contributed by atoms with Crippen LogP contribution in [0.5, 0.6) is 0 Å². The SMILES string of the molecule is CSCCC(NC(=O)C1N2C(=O)c3ccccc3C2SC1(C)C)C(=O)NCC(C)C. The molecule has 1 saturated heterocycles. The molecule has 6 nitrogen and oxygen atoms in total. The Labute approximate surface area is 187 Å². The van der Waals surface area contributed by atoms with E-state index < -0.39 is 16.8 Å². The van der Waals surface area contributed by atoms with Crippen LogP contribution in [0.3, 0.4) is 0 Å². The summed E-state index contributed by atoms with van der Waals surface area (Å²) in [6, 6.07) is 6.31. The Bertz CT molecular complexity index is 828. The van der Waals surface area contributed by atoms with Crippen molar-refractivity contribution in [3.8, 4) is 0 Å². The van der Waals surface area contributed by atoms with Crippen LogP contribution in [0, 0.1) is 5.92 Å². The third-order valence-electron chi connectivity index (χ3n) is 5.47. The van der Waals surface area contributed by atoms with Crippen LogP contribution in [0.1, 0.15) is 55.4 Å². The first-order chi connectivity index (χ1) is 14.2. The quantitative estimate of drug-likeness (QED) is 0.638. The summed E-state index contributed by atoms with van der Waals surface area (Å²) in [6.07, 6.45) is 2.53. The second kappa shape index (κ2) is 9.22. The van der Waals surface area contributed by atoms with Crippen LogP contribution in [-0.2, 0) is 9.59 Å². The molecule has 3 rings (SSSR count). The third-order valence-corrected chi connectivity index (χ3v) is 7.65. The first kappa shape index (κ1) is 23.0. The standard InChI is InChI=1S/C22H31N3O3S2/c1-13(2)12-23-18(26)16(10-11-29-5)24-19(27)17-22(3,4)30-21-15-9-7-6-8-14(15)20(28)25(17)21/h6-9,13,16-17,21H,10-12H2,1-5H3,(H,23,26)(H,24,27). The van der Waals surface area contributed by atoms with Crippen LogP contribution < -0.4 is 10.6 Å². The van der Waals surface area contributed by atoms with Crippen LogP contribution in [0.15, 0.2) is 24.3 Å². The fourth-order valence-corrected chi connectivity index (χ4v) is 6.05. The van der Waals surface area contributed by atoms with Crippen molar-refractivity contribution >= 4 is 41.2 Å². The van der Waals surface area contributed by atoms with Crippen molar-refractivity contribution in [2.24, 2.45) is 5.92 Å². The van der Waals surface area contributed by atoms with Gasteiger partial charge in [0, 0.05) is 16.9 Å².